The van der Waals surface area contributed by atoms with Crippen molar-refractivity contribution in [2.24, 2.45) is 0 Å². The van der Waals surface area contributed by atoms with Crippen molar-refractivity contribution in [3.63, 3.8) is 0 Å². The average molecular weight is 391 g/mol. The van der Waals surface area contributed by atoms with Crippen molar-refractivity contribution < 1.29 is 14.6 Å². The Morgan fingerprint density at radius 1 is 1.10 bits per heavy atom. The predicted molar refractivity (Wildman–Crippen MR) is 109 cm³/mol. The first-order valence-electron chi connectivity index (χ1n) is 9.81. The molecule has 0 radical (unpaired) electrons. The Bertz CT molecular complexity index is 984. The molecule has 29 heavy (non-hydrogen) atoms. The minimum Gasteiger partial charge on any atom is -0.497 e. The number of methoxy groups -OCH3 is 1. The van der Waals surface area contributed by atoms with Crippen LogP contribution in [0.15, 0.2) is 60.7 Å². The van der Waals surface area contributed by atoms with Crippen LogP contribution in [-0.4, -0.2) is 39.3 Å². The summed E-state index contributed by atoms with van der Waals surface area (Å²) in [5.74, 6) is 0.834. The summed E-state index contributed by atoms with van der Waals surface area (Å²) >= 11 is 0. The second-order valence-corrected chi connectivity index (χ2v) is 7.33. The van der Waals surface area contributed by atoms with Gasteiger partial charge in [0, 0.05) is 13.0 Å². The Morgan fingerprint density at radius 3 is 2.69 bits per heavy atom. The van der Waals surface area contributed by atoms with E-state index in [0.29, 0.717) is 38.2 Å². The average Bonchev–Trinajstić information content (AvgIpc) is 3.18. The van der Waals surface area contributed by atoms with Crippen LogP contribution in [0, 0.1) is 0 Å². The highest BCUT2D eigenvalue weighted by molar-refractivity contribution is 5.79. The second kappa shape index (κ2) is 8.49. The molecule has 0 bridgehead atoms. The molecule has 1 atom stereocenters. The Labute approximate surface area is 170 Å². The van der Waals surface area contributed by atoms with Gasteiger partial charge in [0.05, 0.1) is 38.0 Å². The van der Waals surface area contributed by atoms with E-state index in [1.54, 1.807) is 7.11 Å². The molecular weight excluding hydrogens is 366 g/mol. The normalized spacial score (nSPS) is 14.3. The topological polar surface area (TPSA) is 67.6 Å². The minimum atomic E-state index is -0.656. The molecule has 0 fully saturated rings. The van der Waals surface area contributed by atoms with E-state index in [0.717, 1.165) is 22.6 Å². The van der Waals surface area contributed by atoms with Gasteiger partial charge in [0.2, 0.25) is 5.91 Å². The summed E-state index contributed by atoms with van der Waals surface area (Å²) in [5.41, 5.74) is 3.62. The van der Waals surface area contributed by atoms with Crippen molar-refractivity contribution in [2.45, 2.75) is 32.0 Å². The summed E-state index contributed by atoms with van der Waals surface area (Å²) in [6.45, 7) is 1.76. The number of carbonyl (C=O) groups is 1. The molecule has 0 saturated heterocycles. The number of benzene rings is 2. The van der Waals surface area contributed by atoms with E-state index in [4.69, 9.17) is 4.74 Å². The summed E-state index contributed by atoms with van der Waals surface area (Å²) in [6, 6.07) is 19.4. The van der Waals surface area contributed by atoms with Gasteiger partial charge in [0.1, 0.15) is 11.9 Å². The zero-order chi connectivity index (χ0) is 20.2. The van der Waals surface area contributed by atoms with E-state index in [1.165, 1.54) is 0 Å². The highest BCUT2D eigenvalue weighted by Gasteiger charge is 2.24. The fraction of sp³-hybridized carbons (Fsp3) is 0.304. The lowest BCUT2D eigenvalue weighted by Gasteiger charge is -2.27. The number of fused-ring (bicyclic) bond motifs is 1. The first kappa shape index (κ1) is 19.2. The molecule has 6 nitrogen and oxygen atoms in total. The first-order chi connectivity index (χ1) is 14.1. The lowest BCUT2D eigenvalue weighted by atomic mass is 10.1. The van der Waals surface area contributed by atoms with Crippen molar-refractivity contribution in [3.8, 4) is 5.75 Å². The number of hydrogen-bond donors (Lipinski definition) is 1. The molecule has 1 aliphatic heterocycles. The quantitative estimate of drug-likeness (QED) is 0.702. The van der Waals surface area contributed by atoms with Crippen LogP contribution in [0.1, 0.15) is 28.6 Å². The number of nitrogens with zero attached hydrogens (tertiary/aromatic N) is 3. The number of carbonyl (C=O) groups excluding carboxylic acids is 1. The van der Waals surface area contributed by atoms with Crippen LogP contribution in [0.4, 0.5) is 0 Å². The molecule has 150 valence electrons. The molecule has 6 heteroatoms. The molecule has 0 aliphatic carbocycles. The zero-order valence-electron chi connectivity index (χ0n) is 16.5. The molecule has 1 aliphatic rings. The van der Waals surface area contributed by atoms with Gasteiger partial charge in [-0.15, -0.1) is 0 Å². The fourth-order valence-electron chi connectivity index (χ4n) is 3.68. The maximum Gasteiger partial charge on any atom is 0.227 e. The molecule has 1 amide bonds. The molecule has 2 aromatic carbocycles. The Balaban J connectivity index is 1.41. The van der Waals surface area contributed by atoms with E-state index >= 15 is 0 Å². The largest absolute Gasteiger partial charge is 0.497 e. The summed E-state index contributed by atoms with van der Waals surface area (Å²) in [7, 11) is 1.62. The molecule has 0 spiro atoms. The van der Waals surface area contributed by atoms with Gasteiger partial charge >= 0.3 is 0 Å². The third kappa shape index (κ3) is 4.49. The lowest BCUT2D eigenvalue weighted by molar-refractivity contribution is -0.132. The molecule has 1 aromatic heterocycles. The number of aliphatic hydroxyl groups excluding tert-OH is 1. The van der Waals surface area contributed by atoms with Crippen molar-refractivity contribution in [2.75, 3.05) is 13.7 Å². The van der Waals surface area contributed by atoms with Crippen molar-refractivity contribution >= 4 is 5.91 Å². The first-order valence-corrected chi connectivity index (χ1v) is 9.81. The predicted octanol–water partition coefficient (Wildman–Crippen LogP) is 2.75. The van der Waals surface area contributed by atoms with Gasteiger partial charge in [0.25, 0.3) is 0 Å². The Hall–Kier alpha value is -3.12. The maximum absolute atomic E-state index is 12.8. The van der Waals surface area contributed by atoms with Gasteiger partial charge in [-0.3, -0.25) is 9.48 Å². The standard InChI is InChI=1S/C23H25N3O3/c1-29-20-9-5-8-18(12-20)14-23(28)25-10-11-26-19(16-25)15-21(24-26)22(27)13-17-6-3-2-4-7-17/h2-9,12,15,22,27H,10-11,13-14,16H2,1H3/t22-/m0/s1. The van der Waals surface area contributed by atoms with Crippen LogP contribution in [0.5, 0.6) is 5.75 Å². The number of aliphatic hydroxyl groups is 1. The number of amides is 1. The number of hydrogen-bond acceptors (Lipinski definition) is 4. The van der Waals surface area contributed by atoms with E-state index in [-0.39, 0.29) is 5.91 Å². The summed E-state index contributed by atoms with van der Waals surface area (Å²) in [5, 5.41) is 15.1. The van der Waals surface area contributed by atoms with Crippen LogP contribution in [0.2, 0.25) is 0 Å². The minimum absolute atomic E-state index is 0.0806. The van der Waals surface area contributed by atoms with E-state index in [2.05, 4.69) is 5.10 Å². The van der Waals surface area contributed by atoms with Gasteiger partial charge < -0.3 is 14.7 Å². The van der Waals surface area contributed by atoms with Crippen molar-refractivity contribution in [1.82, 2.24) is 14.7 Å². The van der Waals surface area contributed by atoms with Gasteiger partial charge in [-0.2, -0.15) is 5.10 Å². The summed E-state index contributed by atoms with van der Waals surface area (Å²) in [6.07, 6.45) is 0.210. The summed E-state index contributed by atoms with van der Waals surface area (Å²) < 4.78 is 7.14. The van der Waals surface area contributed by atoms with E-state index in [9.17, 15) is 9.90 Å². The highest BCUT2D eigenvalue weighted by Crippen LogP contribution is 2.22. The highest BCUT2D eigenvalue weighted by atomic mass is 16.5. The van der Waals surface area contributed by atoms with Crippen LogP contribution in [0.25, 0.3) is 0 Å². The van der Waals surface area contributed by atoms with Gasteiger partial charge in [-0.05, 0) is 29.3 Å². The molecular formula is C23H25N3O3. The molecule has 0 unspecified atom stereocenters. The molecule has 1 N–H and O–H groups in total. The SMILES string of the molecule is COc1cccc(CC(=O)N2CCn3nc([C@@H](O)Cc4ccccc4)cc3C2)c1. The lowest BCUT2D eigenvalue weighted by Crippen LogP contribution is -2.39. The van der Waals surface area contributed by atoms with Crippen molar-refractivity contribution in [3.05, 3.63) is 83.2 Å². The van der Waals surface area contributed by atoms with Crippen LogP contribution < -0.4 is 4.74 Å². The zero-order valence-corrected chi connectivity index (χ0v) is 16.5. The van der Waals surface area contributed by atoms with Crippen LogP contribution >= 0.6 is 0 Å². The molecule has 3 aromatic rings. The van der Waals surface area contributed by atoms with Crippen LogP contribution in [-0.2, 0) is 30.7 Å². The molecule has 4 rings (SSSR count). The molecule has 0 saturated carbocycles. The van der Waals surface area contributed by atoms with Crippen LogP contribution in [0.3, 0.4) is 0 Å². The molecule has 2 heterocycles. The number of aromatic nitrogens is 2. The Kier molecular flexibility index (Phi) is 5.62. The smallest absolute Gasteiger partial charge is 0.227 e. The summed E-state index contributed by atoms with van der Waals surface area (Å²) in [4.78, 5) is 14.6. The van der Waals surface area contributed by atoms with Gasteiger partial charge in [-0.25, -0.2) is 0 Å². The second-order valence-electron chi connectivity index (χ2n) is 7.33. The third-order valence-corrected chi connectivity index (χ3v) is 5.27. The van der Waals surface area contributed by atoms with Gasteiger partial charge in [0.15, 0.2) is 0 Å². The number of ether oxygens (including phenoxy) is 1. The van der Waals surface area contributed by atoms with E-state index in [1.807, 2.05) is 70.2 Å². The van der Waals surface area contributed by atoms with E-state index < -0.39 is 6.10 Å². The fourth-order valence-corrected chi connectivity index (χ4v) is 3.68. The number of rotatable bonds is 6. The maximum atomic E-state index is 12.8. The Morgan fingerprint density at radius 2 is 1.90 bits per heavy atom. The van der Waals surface area contributed by atoms with Crippen molar-refractivity contribution in [1.29, 1.82) is 0 Å². The monoisotopic (exact) mass is 391 g/mol. The van der Waals surface area contributed by atoms with Gasteiger partial charge in [-0.1, -0.05) is 42.5 Å². The third-order valence-electron chi connectivity index (χ3n) is 5.27.